The minimum atomic E-state index is -0.884. The van der Waals surface area contributed by atoms with Crippen LogP contribution in [0.1, 0.15) is 32.1 Å². The van der Waals surface area contributed by atoms with E-state index in [1.807, 2.05) is 0 Å². The highest BCUT2D eigenvalue weighted by Gasteiger charge is 2.32. The molecule has 0 aromatic heterocycles. The first-order chi connectivity index (χ1) is 8.15. The first-order valence-electron chi connectivity index (χ1n) is 5.99. The number of ether oxygens (including phenoxy) is 1. The first kappa shape index (κ1) is 12.3. The lowest BCUT2D eigenvalue weighted by molar-refractivity contribution is 0.0383. The topological polar surface area (TPSA) is 35.2 Å². The second-order valence-electron chi connectivity index (χ2n) is 4.63. The van der Waals surface area contributed by atoms with Crippen molar-refractivity contribution in [3.8, 4) is 5.75 Å². The molecule has 2 nitrogen and oxygen atoms in total. The number of hydrogen-bond donors (Lipinski definition) is 1. The Labute approximate surface area is 99.8 Å². The van der Waals surface area contributed by atoms with Crippen molar-refractivity contribution >= 4 is 0 Å². The van der Waals surface area contributed by atoms with Gasteiger partial charge >= 0.3 is 0 Å². The van der Waals surface area contributed by atoms with Gasteiger partial charge in [-0.3, -0.25) is 0 Å². The number of nitrogens with two attached hydrogens (primary N) is 1. The summed E-state index contributed by atoms with van der Waals surface area (Å²) < 4.78 is 31.7. The lowest BCUT2D eigenvalue weighted by Crippen LogP contribution is -2.45. The van der Waals surface area contributed by atoms with Gasteiger partial charge in [0.15, 0.2) is 11.6 Å². The average molecular weight is 241 g/mol. The van der Waals surface area contributed by atoms with Gasteiger partial charge in [-0.2, -0.15) is 0 Å². The van der Waals surface area contributed by atoms with E-state index in [0.29, 0.717) is 12.3 Å². The summed E-state index contributed by atoms with van der Waals surface area (Å²) in [6.45, 7) is 0.409. The fourth-order valence-corrected chi connectivity index (χ4v) is 2.33. The van der Waals surface area contributed by atoms with Gasteiger partial charge in [0.25, 0.3) is 0 Å². The molecule has 2 rings (SSSR count). The molecule has 0 aliphatic heterocycles. The van der Waals surface area contributed by atoms with Crippen LogP contribution in [-0.4, -0.2) is 12.1 Å². The second kappa shape index (κ2) is 5.00. The van der Waals surface area contributed by atoms with Gasteiger partial charge in [0.05, 0.1) is 0 Å². The first-order valence-corrected chi connectivity index (χ1v) is 5.99. The smallest absolute Gasteiger partial charge is 0.162 e. The molecular weight excluding hydrogens is 224 g/mol. The number of halogens is 2. The zero-order valence-corrected chi connectivity index (χ0v) is 9.72. The van der Waals surface area contributed by atoms with Crippen LogP contribution in [0.2, 0.25) is 0 Å². The maximum Gasteiger partial charge on any atom is 0.162 e. The van der Waals surface area contributed by atoms with E-state index >= 15 is 0 Å². The molecule has 94 valence electrons. The summed E-state index contributed by atoms with van der Waals surface area (Å²) in [5, 5.41) is 0. The molecule has 0 radical (unpaired) electrons. The number of hydrogen-bond acceptors (Lipinski definition) is 2. The van der Waals surface area contributed by atoms with Crippen LogP contribution in [0.5, 0.6) is 5.75 Å². The van der Waals surface area contributed by atoms with E-state index in [0.717, 1.165) is 37.8 Å². The highest BCUT2D eigenvalue weighted by atomic mass is 19.2. The molecular formula is C13H17F2NO. The van der Waals surface area contributed by atoms with E-state index in [2.05, 4.69) is 0 Å². The van der Waals surface area contributed by atoms with Crippen molar-refractivity contribution in [1.82, 2.24) is 0 Å². The van der Waals surface area contributed by atoms with E-state index < -0.39 is 17.2 Å². The molecule has 2 N–H and O–H groups in total. The van der Waals surface area contributed by atoms with Crippen LogP contribution in [0, 0.1) is 11.6 Å². The van der Waals surface area contributed by atoms with E-state index in [1.54, 1.807) is 0 Å². The largest absolute Gasteiger partial charge is 0.486 e. The maximum absolute atomic E-state index is 13.1. The molecule has 1 aliphatic rings. The van der Waals surface area contributed by atoms with Crippen molar-refractivity contribution in [2.24, 2.45) is 5.73 Å². The summed E-state index contributed by atoms with van der Waals surface area (Å²) in [7, 11) is 0. The van der Waals surface area contributed by atoms with Crippen molar-refractivity contribution in [3.05, 3.63) is 29.8 Å². The molecule has 0 spiro atoms. The van der Waals surface area contributed by atoms with E-state index in [1.165, 1.54) is 12.5 Å². The molecule has 0 amide bonds. The molecule has 0 unspecified atom stereocenters. The van der Waals surface area contributed by atoms with Crippen molar-refractivity contribution in [2.45, 2.75) is 37.7 Å². The Morgan fingerprint density at radius 1 is 1.12 bits per heavy atom. The van der Waals surface area contributed by atoms with Crippen LogP contribution in [0.4, 0.5) is 8.78 Å². The SMILES string of the molecule is NCC1(Oc2ccc(F)c(F)c2)CCCCC1. The predicted octanol–water partition coefficient (Wildman–Crippen LogP) is 3.01. The second-order valence-corrected chi connectivity index (χ2v) is 4.63. The molecule has 0 bridgehead atoms. The molecule has 1 aromatic carbocycles. The summed E-state index contributed by atoms with van der Waals surface area (Å²) in [6, 6.07) is 3.61. The minimum absolute atomic E-state index is 0.358. The lowest BCUT2D eigenvalue weighted by atomic mass is 9.84. The monoisotopic (exact) mass is 241 g/mol. The summed E-state index contributed by atoms with van der Waals surface area (Å²) >= 11 is 0. The molecule has 4 heteroatoms. The molecule has 1 fully saturated rings. The fraction of sp³-hybridized carbons (Fsp3) is 0.538. The highest BCUT2D eigenvalue weighted by Crippen LogP contribution is 2.32. The van der Waals surface area contributed by atoms with Gasteiger partial charge < -0.3 is 10.5 Å². The standard InChI is InChI=1S/C13H17F2NO/c14-11-5-4-10(8-12(11)15)17-13(9-16)6-2-1-3-7-13/h4-5,8H,1-3,6-7,9,16H2. The molecule has 0 saturated heterocycles. The average Bonchev–Trinajstić information content (AvgIpc) is 2.35. The Morgan fingerprint density at radius 2 is 1.82 bits per heavy atom. The van der Waals surface area contributed by atoms with Crippen LogP contribution in [0.3, 0.4) is 0 Å². The van der Waals surface area contributed by atoms with Crippen molar-refractivity contribution in [1.29, 1.82) is 0 Å². The third-order valence-corrected chi connectivity index (χ3v) is 3.36. The molecule has 17 heavy (non-hydrogen) atoms. The van der Waals surface area contributed by atoms with Crippen molar-refractivity contribution in [3.63, 3.8) is 0 Å². The number of rotatable bonds is 3. The van der Waals surface area contributed by atoms with Crippen molar-refractivity contribution in [2.75, 3.05) is 6.54 Å². The van der Waals surface area contributed by atoms with Gasteiger partial charge in [0.1, 0.15) is 11.4 Å². The maximum atomic E-state index is 13.1. The summed E-state index contributed by atoms with van der Waals surface area (Å²) in [4.78, 5) is 0. The third-order valence-electron chi connectivity index (χ3n) is 3.36. The van der Waals surface area contributed by atoms with Crippen LogP contribution < -0.4 is 10.5 Å². The highest BCUT2D eigenvalue weighted by molar-refractivity contribution is 5.24. The zero-order chi connectivity index (χ0) is 12.3. The van der Waals surface area contributed by atoms with Gasteiger partial charge in [-0.15, -0.1) is 0 Å². The molecule has 1 aromatic rings. The fourth-order valence-electron chi connectivity index (χ4n) is 2.33. The summed E-state index contributed by atoms with van der Waals surface area (Å²) in [6.07, 6.45) is 5.08. The normalized spacial score (nSPS) is 19.0. The quantitative estimate of drug-likeness (QED) is 0.882. The van der Waals surface area contributed by atoms with E-state index in [9.17, 15) is 8.78 Å². The summed E-state index contributed by atoms with van der Waals surface area (Å²) in [5.41, 5.74) is 5.36. The van der Waals surface area contributed by atoms with Crippen LogP contribution >= 0.6 is 0 Å². The van der Waals surface area contributed by atoms with Crippen molar-refractivity contribution < 1.29 is 13.5 Å². The lowest BCUT2D eigenvalue weighted by Gasteiger charge is -2.36. The molecule has 0 heterocycles. The van der Waals surface area contributed by atoms with E-state index in [-0.39, 0.29) is 0 Å². The van der Waals surface area contributed by atoms with Gasteiger partial charge in [-0.25, -0.2) is 8.78 Å². The Hall–Kier alpha value is -1.16. The van der Waals surface area contributed by atoms with Gasteiger partial charge in [-0.1, -0.05) is 6.42 Å². The molecule has 1 aliphatic carbocycles. The van der Waals surface area contributed by atoms with Gasteiger partial charge in [0.2, 0.25) is 0 Å². The van der Waals surface area contributed by atoms with Gasteiger partial charge in [0, 0.05) is 12.6 Å². The van der Waals surface area contributed by atoms with E-state index in [4.69, 9.17) is 10.5 Å². The van der Waals surface area contributed by atoms with Crippen LogP contribution in [-0.2, 0) is 0 Å². The minimum Gasteiger partial charge on any atom is -0.486 e. The Balaban J connectivity index is 2.14. The molecule has 1 saturated carbocycles. The molecule has 0 atom stereocenters. The van der Waals surface area contributed by atoms with Crippen LogP contribution in [0.15, 0.2) is 18.2 Å². The zero-order valence-electron chi connectivity index (χ0n) is 9.72. The Kier molecular flexibility index (Phi) is 3.62. The third kappa shape index (κ3) is 2.75. The Morgan fingerprint density at radius 3 is 2.41 bits per heavy atom. The predicted molar refractivity (Wildman–Crippen MR) is 61.9 cm³/mol. The number of benzene rings is 1. The summed E-state index contributed by atoms with van der Waals surface area (Å²) in [5.74, 6) is -1.38. The van der Waals surface area contributed by atoms with Crippen LogP contribution in [0.25, 0.3) is 0 Å². The van der Waals surface area contributed by atoms with Gasteiger partial charge in [-0.05, 0) is 37.8 Å². The Bertz CT molecular complexity index is 389.